The number of aliphatic imine (C=N–C) groups is 1. The standard InChI is InChI=1S/C26H46N4O2/c1-24-11-9-20(31)17-19(24)6-7-22-21(24)10-12-25(2)18(8-13-26(22,25)32)5-4-14-28-29-23-27-15-16-30(23)3/h18-22,28,31-32H,4-17H2,1-3H3,(H,27,29)/t18?,19?,20?,21-,22-,24+,25-,26-/m1/s1. The first-order chi connectivity index (χ1) is 15.3. The lowest BCUT2D eigenvalue weighted by molar-refractivity contribution is -0.210. The highest BCUT2D eigenvalue weighted by Gasteiger charge is 2.66. The van der Waals surface area contributed by atoms with Crippen molar-refractivity contribution >= 4 is 5.96 Å². The Bertz CT molecular complexity index is 731. The molecule has 1 heterocycles. The summed E-state index contributed by atoms with van der Waals surface area (Å²) in [6.07, 6.45) is 12.3. The molecule has 0 saturated heterocycles. The number of guanidine groups is 1. The van der Waals surface area contributed by atoms with Crippen LogP contribution in [0.4, 0.5) is 0 Å². The molecule has 8 atom stereocenters. The molecule has 4 N–H and O–H groups in total. The minimum atomic E-state index is -0.488. The van der Waals surface area contributed by atoms with Crippen LogP contribution in [0.25, 0.3) is 0 Å². The molecule has 6 nitrogen and oxygen atoms in total. The van der Waals surface area contributed by atoms with Crippen molar-refractivity contribution in [2.75, 3.05) is 26.7 Å². The second kappa shape index (κ2) is 8.42. The molecule has 0 aromatic carbocycles. The van der Waals surface area contributed by atoms with Crippen molar-refractivity contribution in [3.8, 4) is 0 Å². The molecule has 4 aliphatic carbocycles. The maximum absolute atomic E-state index is 12.3. The van der Waals surface area contributed by atoms with E-state index in [4.69, 9.17) is 0 Å². The third kappa shape index (κ3) is 3.51. The lowest BCUT2D eigenvalue weighted by Gasteiger charge is -2.63. The molecule has 0 bridgehead atoms. The first-order valence-corrected chi connectivity index (χ1v) is 13.4. The number of nitrogens with one attached hydrogen (secondary N) is 2. The van der Waals surface area contributed by atoms with E-state index in [9.17, 15) is 10.2 Å². The number of nitrogens with zero attached hydrogens (tertiary/aromatic N) is 2. The third-order valence-corrected chi connectivity index (χ3v) is 11.1. The molecule has 5 rings (SSSR count). The van der Waals surface area contributed by atoms with Gasteiger partial charge in [-0.1, -0.05) is 13.8 Å². The van der Waals surface area contributed by atoms with Crippen LogP contribution in [-0.2, 0) is 0 Å². The van der Waals surface area contributed by atoms with Gasteiger partial charge in [0.2, 0.25) is 5.96 Å². The number of aliphatic hydroxyl groups is 2. The lowest BCUT2D eigenvalue weighted by atomic mass is 9.43. The number of hydrogen-bond donors (Lipinski definition) is 4. The van der Waals surface area contributed by atoms with Crippen LogP contribution >= 0.6 is 0 Å². The van der Waals surface area contributed by atoms with Crippen LogP contribution in [0.5, 0.6) is 0 Å². The Kier molecular flexibility index (Phi) is 6.03. The van der Waals surface area contributed by atoms with Crippen LogP contribution in [0.3, 0.4) is 0 Å². The summed E-state index contributed by atoms with van der Waals surface area (Å²) < 4.78 is 0. The largest absolute Gasteiger partial charge is 0.393 e. The first kappa shape index (κ1) is 22.9. The number of hydrogen-bond acceptors (Lipinski definition) is 6. The average Bonchev–Trinajstić information content (AvgIpc) is 3.29. The number of rotatable bonds is 5. The fourth-order valence-corrected chi connectivity index (χ4v) is 9.02. The molecule has 1 aliphatic heterocycles. The van der Waals surface area contributed by atoms with Gasteiger partial charge >= 0.3 is 0 Å². The van der Waals surface area contributed by atoms with Crippen LogP contribution in [0.1, 0.15) is 84.5 Å². The highest BCUT2D eigenvalue weighted by Crippen LogP contribution is 2.69. The summed E-state index contributed by atoms with van der Waals surface area (Å²) in [6.45, 7) is 7.73. The zero-order valence-corrected chi connectivity index (χ0v) is 20.6. The SMILES string of the molecule is CN1CCN=C1NNCCCC1CC[C@@]2(O)[C@@H]3CCC4CC(O)CC[C@]4(C)[C@@H]3CC[C@]12C. The Morgan fingerprint density at radius 3 is 2.69 bits per heavy atom. The molecule has 5 aliphatic rings. The van der Waals surface area contributed by atoms with Gasteiger partial charge in [-0.05, 0) is 105 Å². The number of fused-ring (bicyclic) bond motifs is 5. The van der Waals surface area contributed by atoms with Crippen molar-refractivity contribution in [2.24, 2.45) is 39.5 Å². The molecule has 4 saturated carbocycles. The van der Waals surface area contributed by atoms with Gasteiger partial charge in [-0.2, -0.15) is 0 Å². The monoisotopic (exact) mass is 446 g/mol. The van der Waals surface area contributed by atoms with Gasteiger partial charge in [0.25, 0.3) is 0 Å². The van der Waals surface area contributed by atoms with Crippen molar-refractivity contribution in [3.63, 3.8) is 0 Å². The summed E-state index contributed by atoms with van der Waals surface area (Å²) >= 11 is 0. The Morgan fingerprint density at radius 1 is 1.06 bits per heavy atom. The molecule has 3 unspecified atom stereocenters. The van der Waals surface area contributed by atoms with Crippen molar-refractivity contribution < 1.29 is 10.2 Å². The maximum atomic E-state index is 12.3. The number of hydrazine groups is 1. The van der Waals surface area contributed by atoms with E-state index in [2.05, 4.69) is 41.6 Å². The fourth-order valence-electron chi connectivity index (χ4n) is 9.02. The maximum Gasteiger partial charge on any atom is 0.208 e. The molecular formula is C26H46N4O2. The lowest BCUT2D eigenvalue weighted by Crippen LogP contribution is -2.62. The van der Waals surface area contributed by atoms with Crippen LogP contribution in [-0.4, -0.2) is 59.5 Å². The van der Waals surface area contributed by atoms with E-state index in [1.807, 2.05) is 0 Å². The predicted molar refractivity (Wildman–Crippen MR) is 128 cm³/mol. The highest BCUT2D eigenvalue weighted by atomic mass is 16.3. The Hall–Kier alpha value is -0.850. The molecule has 6 heteroatoms. The third-order valence-electron chi connectivity index (χ3n) is 11.1. The van der Waals surface area contributed by atoms with Gasteiger partial charge < -0.3 is 15.1 Å². The van der Waals surface area contributed by atoms with E-state index < -0.39 is 5.60 Å². The van der Waals surface area contributed by atoms with Crippen molar-refractivity contribution in [1.29, 1.82) is 0 Å². The van der Waals surface area contributed by atoms with E-state index in [1.54, 1.807) is 0 Å². The summed E-state index contributed by atoms with van der Waals surface area (Å²) in [5.74, 6) is 3.32. The molecule has 0 amide bonds. The highest BCUT2D eigenvalue weighted by molar-refractivity contribution is 5.80. The summed E-state index contributed by atoms with van der Waals surface area (Å²) in [6, 6.07) is 0. The Labute approximate surface area is 194 Å². The zero-order valence-electron chi connectivity index (χ0n) is 20.6. The number of likely N-dealkylation sites (N-methyl/N-ethyl adjacent to an activating group) is 1. The summed E-state index contributed by atoms with van der Waals surface area (Å²) in [5, 5.41) is 22.5. The second-order valence-electron chi connectivity index (χ2n) is 12.4. The van der Waals surface area contributed by atoms with Crippen molar-refractivity contribution in [3.05, 3.63) is 0 Å². The molecular weight excluding hydrogens is 400 g/mol. The van der Waals surface area contributed by atoms with E-state index in [-0.39, 0.29) is 11.5 Å². The zero-order chi connectivity index (χ0) is 22.6. The van der Waals surface area contributed by atoms with Gasteiger partial charge in [0.05, 0.1) is 18.2 Å². The van der Waals surface area contributed by atoms with Crippen LogP contribution in [0.2, 0.25) is 0 Å². The summed E-state index contributed by atoms with van der Waals surface area (Å²) in [5.41, 5.74) is 6.51. The van der Waals surface area contributed by atoms with Gasteiger partial charge in [0.15, 0.2) is 0 Å². The minimum absolute atomic E-state index is 0.0642. The van der Waals surface area contributed by atoms with E-state index in [0.717, 1.165) is 64.1 Å². The molecule has 0 spiro atoms. The van der Waals surface area contributed by atoms with E-state index in [1.165, 1.54) is 32.1 Å². The second-order valence-corrected chi connectivity index (χ2v) is 12.4. The minimum Gasteiger partial charge on any atom is -0.393 e. The van der Waals surface area contributed by atoms with Gasteiger partial charge in [-0.15, -0.1) is 0 Å². The van der Waals surface area contributed by atoms with Gasteiger partial charge in [0.1, 0.15) is 0 Å². The van der Waals surface area contributed by atoms with Crippen molar-refractivity contribution in [2.45, 2.75) is 96.2 Å². The predicted octanol–water partition coefficient (Wildman–Crippen LogP) is 3.30. The first-order valence-electron chi connectivity index (χ1n) is 13.4. The van der Waals surface area contributed by atoms with Crippen LogP contribution in [0, 0.1) is 34.5 Å². The van der Waals surface area contributed by atoms with E-state index in [0.29, 0.717) is 29.1 Å². The summed E-state index contributed by atoms with van der Waals surface area (Å²) in [4.78, 5) is 6.61. The van der Waals surface area contributed by atoms with Gasteiger partial charge in [-0.25, -0.2) is 5.43 Å². The average molecular weight is 447 g/mol. The quantitative estimate of drug-likeness (QED) is 0.385. The molecule has 0 radical (unpaired) electrons. The summed E-state index contributed by atoms with van der Waals surface area (Å²) in [7, 11) is 2.07. The van der Waals surface area contributed by atoms with Crippen LogP contribution in [0.15, 0.2) is 4.99 Å². The molecule has 0 aromatic rings. The van der Waals surface area contributed by atoms with Crippen LogP contribution < -0.4 is 10.9 Å². The number of aliphatic hydroxyl groups excluding tert-OH is 1. The Morgan fingerprint density at radius 2 is 1.91 bits per heavy atom. The molecule has 4 fully saturated rings. The molecule has 182 valence electrons. The van der Waals surface area contributed by atoms with Gasteiger partial charge in [0, 0.05) is 20.1 Å². The molecule has 0 aromatic heterocycles. The fraction of sp³-hybridized carbons (Fsp3) is 0.962. The smallest absolute Gasteiger partial charge is 0.208 e. The topological polar surface area (TPSA) is 80.1 Å². The Balaban J connectivity index is 1.20. The van der Waals surface area contributed by atoms with Gasteiger partial charge in [-0.3, -0.25) is 10.4 Å². The molecule has 32 heavy (non-hydrogen) atoms. The van der Waals surface area contributed by atoms with Crippen molar-refractivity contribution in [1.82, 2.24) is 15.8 Å². The normalized spacial score (nSPS) is 48.1. The van der Waals surface area contributed by atoms with E-state index >= 15 is 0 Å².